The SMILES string of the molecule is CN(C)C=Nc1ccnc2c1c(C1CN(C(=O)OC(C)(C)C)C1)nn2-c1ccc(OC(F)(F)F)cc1. The minimum absolute atomic E-state index is 0.0911. The second-order valence-electron chi connectivity index (χ2n) is 9.66. The number of alkyl halides is 3. The van der Waals surface area contributed by atoms with Crippen LogP contribution in [0, 0.1) is 0 Å². The summed E-state index contributed by atoms with van der Waals surface area (Å²) < 4.78 is 48.7. The van der Waals surface area contributed by atoms with Crippen molar-refractivity contribution in [2.75, 3.05) is 27.2 Å². The fraction of sp³-hybridized carbons (Fsp3) is 0.417. The summed E-state index contributed by atoms with van der Waals surface area (Å²) in [5.74, 6) is -0.425. The van der Waals surface area contributed by atoms with Crippen LogP contribution in [0.3, 0.4) is 0 Å². The highest BCUT2D eigenvalue weighted by molar-refractivity contribution is 5.93. The molecule has 2 aromatic heterocycles. The molecule has 4 rings (SSSR count). The third kappa shape index (κ3) is 5.69. The summed E-state index contributed by atoms with van der Waals surface area (Å²) in [7, 11) is 3.70. The van der Waals surface area contributed by atoms with Crippen molar-refractivity contribution < 1.29 is 27.4 Å². The number of carbonyl (C=O) groups excluding carboxylic acids is 1. The number of benzene rings is 1. The van der Waals surface area contributed by atoms with Gasteiger partial charge in [-0.1, -0.05) is 0 Å². The first-order chi connectivity index (χ1) is 16.8. The maximum atomic E-state index is 12.6. The van der Waals surface area contributed by atoms with Crippen LogP contribution in [-0.4, -0.2) is 76.1 Å². The van der Waals surface area contributed by atoms with E-state index in [9.17, 15) is 18.0 Å². The number of carbonyl (C=O) groups is 1. The Labute approximate surface area is 206 Å². The average Bonchev–Trinajstić information content (AvgIpc) is 3.09. The van der Waals surface area contributed by atoms with Gasteiger partial charge in [0, 0.05) is 39.3 Å². The van der Waals surface area contributed by atoms with Gasteiger partial charge in [-0.05, 0) is 51.1 Å². The first-order valence-corrected chi connectivity index (χ1v) is 11.2. The molecule has 0 N–H and O–H groups in total. The van der Waals surface area contributed by atoms with Crippen molar-refractivity contribution in [2.24, 2.45) is 4.99 Å². The Balaban J connectivity index is 1.71. The number of rotatable bonds is 5. The molecule has 0 unspecified atom stereocenters. The summed E-state index contributed by atoms with van der Waals surface area (Å²) in [5.41, 5.74) is 1.74. The largest absolute Gasteiger partial charge is 0.573 e. The predicted octanol–water partition coefficient (Wildman–Crippen LogP) is 4.87. The van der Waals surface area contributed by atoms with Crippen molar-refractivity contribution in [2.45, 2.75) is 38.7 Å². The quantitative estimate of drug-likeness (QED) is 0.364. The van der Waals surface area contributed by atoms with Crippen LogP contribution >= 0.6 is 0 Å². The smallest absolute Gasteiger partial charge is 0.444 e. The molecule has 1 aromatic carbocycles. The summed E-state index contributed by atoms with van der Waals surface area (Å²) >= 11 is 0. The molecule has 1 aliphatic rings. The predicted molar refractivity (Wildman–Crippen MR) is 128 cm³/mol. The lowest BCUT2D eigenvalue weighted by Crippen LogP contribution is -2.50. The van der Waals surface area contributed by atoms with E-state index in [1.54, 1.807) is 33.1 Å². The van der Waals surface area contributed by atoms with Crippen LogP contribution in [0.25, 0.3) is 16.7 Å². The van der Waals surface area contributed by atoms with Crippen LogP contribution in [0.5, 0.6) is 5.75 Å². The van der Waals surface area contributed by atoms with Crippen LogP contribution < -0.4 is 4.74 Å². The minimum atomic E-state index is -4.78. The topological polar surface area (TPSA) is 85.1 Å². The van der Waals surface area contributed by atoms with Gasteiger partial charge in [-0.3, -0.25) is 0 Å². The lowest BCUT2D eigenvalue weighted by atomic mass is 9.94. The zero-order valence-corrected chi connectivity index (χ0v) is 20.6. The number of nitrogens with zero attached hydrogens (tertiary/aromatic N) is 6. The lowest BCUT2D eigenvalue weighted by Gasteiger charge is -2.39. The molecule has 0 aliphatic carbocycles. The number of pyridine rings is 1. The van der Waals surface area contributed by atoms with Gasteiger partial charge in [0.25, 0.3) is 0 Å². The van der Waals surface area contributed by atoms with Gasteiger partial charge in [0.1, 0.15) is 11.4 Å². The maximum Gasteiger partial charge on any atom is 0.573 e. The Morgan fingerprint density at radius 2 is 1.81 bits per heavy atom. The van der Waals surface area contributed by atoms with E-state index >= 15 is 0 Å². The Kier molecular flexibility index (Phi) is 6.54. The van der Waals surface area contributed by atoms with Gasteiger partial charge in [-0.2, -0.15) is 5.10 Å². The van der Waals surface area contributed by atoms with Crippen LogP contribution in [0.4, 0.5) is 23.7 Å². The normalized spacial score (nSPS) is 14.8. The van der Waals surface area contributed by atoms with Crippen molar-refractivity contribution in [1.82, 2.24) is 24.6 Å². The van der Waals surface area contributed by atoms with Crippen LogP contribution in [-0.2, 0) is 4.74 Å². The molecule has 3 heterocycles. The van der Waals surface area contributed by atoms with Crippen LogP contribution in [0.15, 0.2) is 41.5 Å². The third-order valence-corrected chi connectivity index (χ3v) is 5.24. The first kappa shape index (κ1) is 25.3. The number of aromatic nitrogens is 3. The summed E-state index contributed by atoms with van der Waals surface area (Å²) in [6, 6.07) is 7.16. The van der Waals surface area contributed by atoms with E-state index in [1.807, 2.05) is 34.9 Å². The van der Waals surface area contributed by atoms with Gasteiger partial charge in [-0.25, -0.2) is 19.5 Å². The number of hydrogen-bond donors (Lipinski definition) is 0. The summed E-state index contributed by atoms with van der Waals surface area (Å²) in [6.45, 7) is 6.24. The van der Waals surface area contributed by atoms with E-state index in [0.717, 1.165) is 0 Å². The molecular formula is C24H27F3N6O3. The van der Waals surface area contributed by atoms with Crippen molar-refractivity contribution >= 4 is 29.2 Å². The standard InChI is InChI=1S/C24H27F3N6O3/c1-23(2,3)36-22(34)32-12-15(13-32)20-19-18(29-14-31(4)5)10-11-28-21(19)33(30-20)16-6-8-17(9-7-16)35-24(25,26)27/h6-11,14-15H,12-13H2,1-5H3. The van der Waals surface area contributed by atoms with Crippen molar-refractivity contribution in [3.63, 3.8) is 0 Å². The fourth-order valence-corrected chi connectivity index (χ4v) is 3.72. The van der Waals surface area contributed by atoms with E-state index in [4.69, 9.17) is 9.84 Å². The molecule has 0 spiro atoms. The molecule has 0 radical (unpaired) electrons. The maximum absolute atomic E-state index is 12.6. The van der Waals surface area contributed by atoms with Gasteiger partial charge in [0.15, 0.2) is 5.65 Å². The van der Waals surface area contributed by atoms with Crippen LogP contribution in [0.2, 0.25) is 0 Å². The highest BCUT2D eigenvalue weighted by Crippen LogP contribution is 2.37. The number of halogens is 3. The van der Waals surface area contributed by atoms with Crippen molar-refractivity contribution in [1.29, 1.82) is 0 Å². The lowest BCUT2D eigenvalue weighted by molar-refractivity contribution is -0.274. The van der Waals surface area contributed by atoms with Gasteiger partial charge in [0.05, 0.1) is 28.8 Å². The number of ether oxygens (including phenoxy) is 2. The Bertz CT molecular complexity index is 1270. The molecular weight excluding hydrogens is 477 g/mol. The average molecular weight is 505 g/mol. The zero-order chi connectivity index (χ0) is 26.3. The number of amides is 1. The highest BCUT2D eigenvalue weighted by atomic mass is 19.4. The van der Waals surface area contributed by atoms with Crippen molar-refractivity contribution in [3.8, 4) is 11.4 Å². The van der Waals surface area contributed by atoms with Gasteiger partial charge >= 0.3 is 12.5 Å². The molecule has 1 saturated heterocycles. The van der Waals surface area contributed by atoms with Gasteiger partial charge in [0.2, 0.25) is 0 Å². The molecule has 12 heteroatoms. The Morgan fingerprint density at radius 3 is 2.39 bits per heavy atom. The minimum Gasteiger partial charge on any atom is -0.444 e. The third-order valence-electron chi connectivity index (χ3n) is 5.24. The van der Waals surface area contributed by atoms with Gasteiger partial charge in [-0.15, -0.1) is 13.2 Å². The molecule has 192 valence electrons. The monoisotopic (exact) mass is 504 g/mol. The second-order valence-corrected chi connectivity index (χ2v) is 9.66. The van der Waals surface area contributed by atoms with Crippen molar-refractivity contribution in [3.05, 3.63) is 42.2 Å². The molecule has 9 nitrogen and oxygen atoms in total. The molecule has 1 aliphatic heterocycles. The molecule has 1 amide bonds. The van der Waals surface area contributed by atoms with E-state index in [1.165, 1.54) is 24.3 Å². The van der Waals surface area contributed by atoms with E-state index in [-0.39, 0.29) is 11.7 Å². The van der Waals surface area contributed by atoms with Crippen LogP contribution in [0.1, 0.15) is 32.4 Å². The Hall–Kier alpha value is -3.83. The summed E-state index contributed by atoms with van der Waals surface area (Å²) in [6.07, 6.45) is -1.92. The molecule has 1 fully saturated rings. The van der Waals surface area contributed by atoms with E-state index in [0.29, 0.717) is 41.2 Å². The molecule has 0 saturated carbocycles. The highest BCUT2D eigenvalue weighted by Gasteiger charge is 2.38. The van der Waals surface area contributed by atoms with Gasteiger partial charge < -0.3 is 19.3 Å². The first-order valence-electron chi connectivity index (χ1n) is 11.2. The second kappa shape index (κ2) is 9.32. The molecule has 0 atom stereocenters. The molecule has 0 bridgehead atoms. The summed E-state index contributed by atoms with van der Waals surface area (Å²) in [4.78, 5) is 24.9. The number of hydrogen-bond acceptors (Lipinski definition) is 6. The fourth-order valence-electron chi connectivity index (χ4n) is 3.72. The molecule has 36 heavy (non-hydrogen) atoms. The zero-order valence-electron chi connectivity index (χ0n) is 20.6. The summed E-state index contributed by atoms with van der Waals surface area (Å²) in [5, 5.41) is 5.48. The molecule has 3 aromatic rings. The number of aliphatic imine (C=N–C) groups is 1. The van der Waals surface area contributed by atoms with E-state index in [2.05, 4.69) is 14.7 Å². The Morgan fingerprint density at radius 1 is 1.14 bits per heavy atom. The number of fused-ring (bicyclic) bond motifs is 1. The number of likely N-dealkylation sites (tertiary alicyclic amines) is 1. The van der Waals surface area contributed by atoms with E-state index < -0.39 is 18.1 Å².